The lowest BCUT2D eigenvalue weighted by atomic mass is 10.2. The van der Waals surface area contributed by atoms with Crippen LogP contribution in [0.3, 0.4) is 0 Å². The van der Waals surface area contributed by atoms with Crippen LogP contribution in [-0.4, -0.2) is 38.6 Å². The zero-order valence-corrected chi connectivity index (χ0v) is 13.0. The molecule has 114 valence electrons. The van der Waals surface area contributed by atoms with Gasteiger partial charge in [-0.25, -0.2) is 13.1 Å². The van der Waals surface area contributed by atoms with Gasteiger partial charge in [0.15, 0.2) is 0 Å². The molecule has 1 aromatic heterocycles. The molecule has 0 aliphatic heterocycles. The van der Waals surface area contributed by atoms with Crippen molar-refractivity contribution in [1.82, 2.24) is 10.0 Å². The molecule has 1 rings (SSSR count). The Morgan fingerprint density at radius 2 is 2.20 bits per heavy atom. The summed E-state index contributed by atoms with van der Waals surface area (Å²) in [7, 11) is -3.50. The first-order valence-corrected chi connectivity index (χ1v) is 8.80. The van der Waals surface area contributed by atoms with Crippen LogP contribution < -0.4 is 10.0 Å². The molecular formula is C12H20N2O4S2. The molecule has 1 heterocycles. The minimum Gasteiger partial charge on any atom is -0.393 e. The fraction of sp³-hybridized carbons (Fsp3) is 0.583. The Balaban J connectivity index is 2.22. The average molecular weight is 320 g/mol. The van der Waals surface area contributed by atoms with E-state index in [1.165, 1.54) is 6.07 Å². The summed E-state index contributed by atoms with van der Waals surface area (Å²) < 4.78 is 26.1. The van der Waals surface area contributed by atoms with Crippen LogP contribution >= 0.6 is 11.3 Å². The van der Waals surface area contributed by atoms with Gasteiger partial charge in [-0.1, -0.05) is 13.0 Å². The maximum absolute atomic E-state index is 11.8. The monoisotopic (exact) mass is 320 g/mol. The van der Waals surface area contributed by atoms with Crippen LogP contribution in [0.4, 0.5) is 0 Å². The Kier molecular flexibility index (Phi) is 7.14. The fourth-order valence-electron chi connectivity index (χ4n) is 1.46. The van der Waals surface area contributed by atoms with Crippen LogP contribution in [0.15, 0.2) is 21.7 Å². The van der Waals surface area contributed by atoms with Crippen molar-refractivity contribution in [2.45, 2.75) is 36.5 Å². The Morgan fingerprint density at radius 3 is 2.80 bits per heavy atom. The first kappa shape index (κ1) is 17.1. The lowest BCUT2D eigenvalue weighted by Crippen LogP contribution is -2.31. The lowest BCUT2D eigenvalue weighted by Gasteiger charge is -2.09. The molecule has 0 aromatic carbocycles. The smallest absolute Gasteiger partial charge is 0.250 e. The maximum Gasteiger partial charge on any atom is 0.250 e. The molecule has 3 N–H and O–H groups in total. The quantitative estimate of drug-likeness (QED) is 0.624. The van der Waals surface area contributed by atoms with Gasteiger partial charge >= 0.3 is 0 Å². The zero-order valence-electron chi connectivity index (χ0n) is 11.3. The highest BCUT2D eigenvalue weighted by atomic mass is 32.2. The third kappa shape index (κ3) is 6.00. The highest BCUT2D eigenvalue weighted by Gasteiger charge is 2.14. The van der Waals surface area contributed by atoms with Gasteiger partial charge in [-0.15, -0.1) is 11.3 Å². The molecule has 6 nitrogen and oxygen atoms in total. The number of thiophene rings is 1. The molecular weight excluding hydrogens is 300 g/mol. The van der Waals surface area contributed by atoms with Gasteiger partial charge < -0.3 is 10.4 Å². The van der Waals surface area contributed by atoms with Gasteiger partial charge in [0, 0.05) is 19.5 Å². The summed E-state index contributed by atoms with van der Waals surface area (Å²) in [6.45, 7) is 2.32. The van der Waals surface area contributed by atoms with Crippen LogP contribution in [0.1, 0.15) is 26.2 Å². The lowest BCUT2D eigenvalue weighted by molar-refractivity contribution is -0.121. The zero-order chi connectivity index (χ0) is 15.0. The van der Waals surface area contributed by atoms with Crippen molar-refractivity contribution in [3.63, 3.8) is 0 Å². The molecule has 0 saturated heterocycles. The number of carbonyl (C=O) groups is 1. The Bertz CT molecular complexity index is 500. The molecule has 1 unspecified atom stereocenters. The second kappa shape index (κ2) is 8.35. The van der Waals surface area contributed by atoms with Gasteiger partial charge in [0.2, 0.25) is 15.9 Å². The second-order valence-corrected chi connectivity index (χ2v) is 7.22. The molecule has 0 aliphatic rings. The minimum absolute atomic E-state index is 0.0579. The Hall–Kier alpha value is -0.960. The molecule has 0 spiro atoms. The number of hydrogen-bond donors (Lipinski definition) is 3. The van der Waals surface area contributed by atoms with Gasteiger partial charge in [0.1, 0.15) is 4.21 Å². The van der Waals surface area contributed by atoms with E-state index < -0.39 is 16.1 Å². The minimum atomic E-state index is -3.50. The standard InChI is InChI=1S/C12H20N2O4S2/c1-2-10(15)5-7-13-11(16)6-8-14-20(17,18)12-4-3-9-19-12/h3-4,9-10,14-15H,2,5-8H2,1H3,(H,13,16). The van der Waals surface area contributed by atoms with Crippen LogP contribution in [0.25, 0.3) is 0 Å². The van der Waals surface area contributed by atoms with Crippen molar-refractivity contribution in [2.75, 3.05) is 13.1 Å². The first-order chi connectivity index (χ1) is 9.45. The number of amides is 1. The number of sulfonamides is 1. The molecule has 1 aromatic rings. The van der Waals surface area contributed by atoms with Crippen LogP contribution in [-0.2, 0) is 14.8 Å². The van der Waals surface area contributed by atoms with E-state index in [2.05, 4.69) is 10.0 Å². The van der Waals surface area contributed by atoms with E-state index in [4.69, 9.17) is 0 Å². The maximum atomic E-state index is 11.8. The molecule has 0 saturated carbocycles. The summed E-state index contributed by atoms with van der Waals surface area (Å²) in [5, 5.41) is 13.6. The van der Waals surface area contributed by atoms with E-state index in [1.807, 2.05) is 6.92 Å². The third-order valence-corrected chi connectivity index (χ3v) is 5.53. The number of hydrogen-bond acceptors (Lipinski definition) is 5. The fourth-order valence-corrected chi connectivity index (χ4v) is 3.53. The number of aliphatic hydroxyl groups is 1. The third-order valence-electron chi connectivity index (χ3n) is 2.68. The van der Waals surface area contributed by atoms with E-state index in [0.717, 1.165) is 11.3 Å². The molecule has 0 aliphatic carbocycles. The molecule has 8 heteroatoms. The number of carbonyl (C=O) groups excluding carboxylic acids is 1. The van der Waals surface area contributed by atoms with E-state index in [0.29, 0.717) is 19.4 Å². The molecule has 0 radical (unpaired) electrons. The molecule has 20 heavy (non-hydrogen) atoms. The summed E-state index contributed by atoms with van der Waals surface area (Å²) in [6.07, 6.45) is 0.819. The summed E-state index contributed by atoms with van der Waals surface area (Å²) in [5.74, 6) is -0.234. The van der Waals surface area contributed by atoms with Gasteiger partial charge in [-0.2, -0.15) is 0 Å². The highest BCUT2D eigenvalue weighted by Crippen LogP contribution is 2.14. The SMILES string of the molecule is CCC(O)CCNC(=O)CCNS(=O)(=O)c1cccs1. The van der Waals surface area contributed by atoms with Gasteiger partial charge in [-0.3, -0.25) is 4.79 Å². The first-order valence-electron chi connectivity index (χ1n) is 6.43. The number of aliphatic hydroxyl groups excluding tert-OH is 1. The number of rotatable bonds is 9. The summed E-state index contributed by atoms with van der Waals surface area (Å²) in [4.78, 5) is 11.5. The summed E-state index contributed by atoms with van der Waals surface area (Å²) in [6, 6.07) is 3.17. The van der Waals surface area contributed by atoms with E-state index in [-0.39, 0.29) is 23.1 Å². The Labute approximate surface area is 123 Å². The molecule has 1 atom stereocenters. The molecule has 1 amide bonds. The van der Waals surface area contributed by atoms with Crippen molar-refractivity contribution in [1.29, 1.82) is 0 Å². The van der Waals surface area contributed by atoms with Crippen LogP contribution in [0, 0.1) is 0 Å². The summed E-state index contributed by atoms with van der Waals surface area (Å²) in [5.41, 5.74) is 0. The molecule has 0 bridgehead atoms. The molecule has 0 fully saturated rings. The van der Waals surface area contributed by atoms with E-state index in [9.17, 15) is 18.3 Å². The van der Waals surface area contributed by atoms with E-state index >= 15 is 0 Å². The van der Waals surface area contributed by atoms with Crippen molar-refractivity contribution >= 4 is 27.3 Å². The normalized spacial score (nSPS) is 13.1. The average Bonchev–Trinajstić information content (AvgIpc) is 2.93. The number of nitrogens with one attached hydrogen (secondary N) is 2. The van der Waals surface area contributed by atoms with Crippen molar-refractivity contribution in [3.05, 3.63) is 17.5 Å². The summed E-state index contributed by atoms with van der Waals surface area (Å²) >= 11 is 1.13. The van der Waals surface area contributed by atoms with Crippen LogP contribution in [0.2, 0.25) is 0 Å². The predicted octanol–water partition coefficient (Wildman–Crippen LogP) is 0.694. The van der Waals surface area contributed by atoms with Crippen molar-refractivity contribution < 1.29 is 18.3 Å². The largest absolute Gasteiger partial charge is 0.393 e. The predicted molar refractivity (Wildman–Crippen MR) is 78.0 cm³/mol. The van der Waals surface area contributed by atoms with Gasteiger partial charge in [-0.05, 0) is 24.3 Å². The Morgan fingerprint density at radius 1 is 1.45 bits per heavy atom. The highest BCUT2D eigenvalue weighted by molar-refractivity contribution is 7.91. The topological polar surface area (TPSA) is 95.5 Å². The van der Waals surface area contributed by atoms with Gasteiger partial charge in [0.25, 0.3) is 0 Å². The second-order valence-electron chi connectivity index (χ2n) is 4.28. The van der Waals surface area contributed by atoms with Crippen molar-refractivity contribution in [3.8, 4) is 0 Å². The van der Waals surface area contributed by atoms with Gasteiger partial charge in [0.05, 0.1) is 6.10 Å². The van der Waals surface area contributed by atoms with Crippen LogP contribution in [0.5, 0.6) is 0 Å². The van der Waals surface area contributed by atoms with E-state index in [1.54, 1.807) is 11.4 Å². The van der Waals surface area contributed by atoms with Crippen molar-refractivity contribution in [2.24, 2.45) is 0 Å².